The Labute approximate surface area is 163 Å². The first-order valence-corrected chi connectivity index (χ1v) is 9.56. The molecule has 0 radical (unpaired) electrons. The minimum absolute atomic E-state index is 0.0653. The third kappa shape index (κ3) is 3.42. The molecule has 1 amide bonds. The maximum absolute atomic E-state index is 12.5. The zero-order chi connectivity index (χ0) is 20.6. The number of nitrogens with zero attached hydrogens (tertiary/aromatic N) is 5. The van der Waals surface area contributed by atoms with Crippen molar-refractivity contribution in [1.82, 2.24) is 15.3 Å². The minimum Gasteiger partial charge on any atom is -0.351 e. The Morgan fingerprint density at radius 1 is 1.14 bits per heavy atom. The summed E-state index contributed by atoms with van der Waals surface area (Å²) in [4.78, 5) is 13.5. The summed E-state index contributed by atoms with van der Waals surface area (Å²) in [6.07, 6.45) is 2.72. The standard InChI is InChI=1S/C15H14N8O5S/c16-15-22(8-18-23(15)14(24)10-4-6-19-27-10)13-9(21-12-5-7-20-28-12)2-1-3-11(13)29(17,25)26/h1-8,15,21H,16H2,(H2,17,25,26). The van der Waals surface area contributed by atoms with Gasteiger partial charge in [-0.25, -0.2) is 13.6 Å². The molecule has 0 fully saturated rings. The first kappa shape index (κ1) is 18.6. The fourth-order valence-corrected chi connectivity index (χ4v) is 3.45. The average molecular weight is 418 g/mol. The van der Waals surface area contributed by atoms with Crippen LogP contribution in [-0.2, 0) is 10.0 Å². The number of primary sulfonamides is 1. The van der Waals surface area contributed by atoms with E-state index in [1.165, 1.54) is 47.9 Å². The number of hydrogen-bond acceptors (Lipinski definition) is 11. The predicted octanol–water partition coefficient (Wildman–Crippen LogP) is 0.202. The normalized spacial score (nSPS) is 16.4. The van der Waals surface area contributed by atoms with E-state index < -0.39 is 22.2 Å². The van der Waals surface area contributed by atoms with Gasteiger partial charge in [-0.1, -0.05) is 16.4 Å². The third-order valence-electron chi connectivity index (χ3n) is 3.95. The van der Waals surface area contributed by atoms with Crippen LogP contribution in [0, 0.1) is 0 Å². The summed E-state index contributed by atoms with van der Waals surface area (Å²) in [6, 6.07) is 7.25. The topological polar surface area (TPSA) is 186 Å². The van der Waals surface area contributed by atoms with Gasteiger partial charge in [0.05, 0.1) is 23.8 Å². The highest BCUT2D eigenvalue weighted by molar-refractivity contribution is 7.89. The van der Waals surface area contributed by atoms with Crippen molar-refractivity contribution in [2.45, 2.75) is 11.2 Å². The monoisotopic (exact) mass is 418 g/mol. The highest BCUT2D eigenvalue weighted by atomic mass is 32.2. The lowest BCUT2D eigenvalue weighted by molar-refractivity contribution is 0.0675. The molecule has 3 heterocycles. The number of amides is 1. The first-order chi connectivity index (χ1) is 13.9. The lowest BCUT2D eigenvalue weighted by Gasteiger charge is -2.28. The Hall–Kier alpha value is -3.75. The first-order valence-electron chi connectivity index (χ1n) is 8.02. The lowest BCUT2D eigenvalue weighted by atomic mass is 10.2. The number of anilines is 3. The summed E-state index contributed by atoms with van der Waals surface area (Å²) in [7, 11) is -4.15. The molecule has 1 atom stereocenters. The Balaban J connectivity index is 1.75. The molecule has 2 aromatic heterocycles. The number of carbonyl (C=O) groups is 1. The van der Waals surface area contributed by atoms with Crippen molar-refractivity contribution in [2.24, 2.45) is 16.0 Å². The SMILES string of the molecule is NC1N(C(=O)c2ccno2)N=CN1c1c(Nc2ccno2)cccc1S(N)(=O)=O. The Morgan fingerprint density at radius 3 is 2.55 bits per heavy atom. The van der Waals surface area contributed by atoms with Crippen LogP contribution < -0.4 is 21.1 Å². The van der Waals surface area contributed by atoms with Gasteiger partial charge in [0.25, 0.3) is 0 Å². The summed E-state index contributed by atoms with van der Waals surface area (Å²) in [5, 5.41) is 20.2. The van der Waals surface area contributed by atoms with Gasteiger partial charge in [0.1, 0.15) is 11.2 Å². The van der Waals surface area contributed by atoms with E-state index in [1.54, 1.807) is 6.07 Å². The molecular formula is C15H14N8O5S. The van der Waals surface area contributed by atoms with Crippen LogP contribution in [0.3, 0.4) is 0 Å². The largest absolute Gasteiger partial charge is 0.351 e. The molecule has 14 heteroatoms. The van der Waals surface area contributed by atoms with E-state index in [2.05, 4.69) is 20.7 Å². The Morgan fingerprint density at radius 2 is 1.90 bits per heavy atom. The molecule has 150 valence electrons. The van der Waals surface area contributed by atoms with Crippen LogP contribution in [0.2, 0.25) is 0 Å². The summed E-state index contributed by atoms with van der Waals surface area (Å²) in [6.45, 7) is 0. The molecule has 0 saturated heterocycles. The zero-order valence-electron chi connectivity index (χ0n) is 14.5. The van der Waals surface area contributed by atoms with Gasteiger partial charge in [-0.3, -0.25) is 15.4 Å². The quantitative estimate of drug-likeness (QED) is 0.516. The molecule has 0 aliphatic carbocycles. The number of rotatable bonds is 5. The van der Waals surface area contributed by atoms with Crippen LogP contribution in [0.15, 0.2) is 61.8 Å². The molecule has 0 saturated carbocycles. The number of carbonyl (C=O) groups excluding carboxylic acids is 1. The predicted molar refractivity (Wildman–Crippen MR) is 99.2 cm³/mol. The fraction of sp³-hybridized carbons (Fsp3) is 0.0667. The van der Waals surface area contributed by atoms with Gasteiger partial charge in [-0.2, -0.15) is 10.1 Å². The van der Waals surface area contributed by atoms with E-state index in [4.69, 9.17) is 19.9 Å². The van der Waals surface area contributed by atoms with Crippen LogP contribution in [0.5, 0.6) is 0 Å². The minimum atomic E-state index is -4.15. The van der Waals surface area contributed by atoms with Crippen molar-refractivity contribution in [3.63, 3.8) is 0 Å². The van der Waals surface area contributed by atoms with Crippen LogP contribution in [0.1, 0.15) is 10.6 Å². The maximum Gasteiger partial charge on any atom is 0.315 e. The summed E-state index contributed by atoms with van der Waals surface area (Å²) in [5.41, 5.74) is 6.51. The van der Waals surface area contributed by atoms with Gasteiger partial charge in [-0.05, 0) is 12.1 Å². The molecule has 5 N–H and O–H groups in total. The van der Waals surface area contributed by atoms with E-state index in [0.29, 0.717) is 0 Å². The van der Waals surface area contributed by atoms with Gasteiger partial charge in [0, 0.05) is 12.1 Å². The maximum atomic E-state index is 12.5. The second kappa shape index (κ2) is 7.01. The van der Waals surface area contributed by atoms with E-state index in [1.807, 2.05) is 0 Å². The number of nitrogens with one attached hydrogen (secondary N) is 1. The van der Waals surface area contributed by atoms with Crippen LogP contribution in [0.25, 0.3) is 0 Å². The summed E-state index contributed by atoms with van der Waals surface area (Å²) in [5.74, 6) is -0.497. The van der Waals surface area contributed by atoms with Gasteiger partial charge >= 0.3 is 5.91 Å². The lowest BCUT2D eigenvalue weighted by Crippen LogP contribution is -2.49. The van der Waals surface area contributed by atoms with Crippen LogP contribution >= 0.6 is 0 Å². The van der Waals surface area contributed by atoms with E-state index in [0.717, 1.165) is 5.01 Å². The third-order valence-corrected chi connectivity index (χ3v) is 4.89. The number of benzene rings is 1. The summed E-state index contributed by atoms with van der Waals surface area (Å²) >= 11 is 0. The van der Waals surface area contributed by atoms with Crippen LogP contribution in [-0.4, -0.2) is 42.3 Å². The van der Waals surface area contributed by atoms with Crippen molar-refractivity contribution in [2.75, 3.05) is 10.2 Å². The molecule has 0 bridgehead atoms. The number of aromatic nitrogens is 2. The second-order valence-electron chi connectivity index (χ2n) is 5.78. The highest BCUT2D eigenvalue weighted by Gasteiger charge is 2.36. The Bertz CT molecular complexity index is 1160. The summed E-state index contributed by atoms with van der Waals surface area (Å²) < 4.78 is 34.2. The smallest absolute Gasteiger partial charge is 0.315 e. The van der Waals surface area contributed by atoms with Crippen LogP contribution in [0.4, 0.5) is 17.3 Å². The molecule has 1 aliphatic heterocycles. The molecule has 1 aromatic carbocycles. The molecule has 0 spiro atoms. The van der Waals surface area contributed by atoms with Gasteiger partial charge in [-0.15, -0.1) is 0 Å². The number of para-hydroxylation sites is 1. The molecule has 29 heavy (non-hydrogen) atoms. The highest BCUT2D eigenvalue weighted by Crippen LogP contribution is 2.36. The average Bonchev–Trinajstić information content (AvgIpc) is 3.43. The van der Waals surface area contributed by atoms with Crippen molar-refractivity contribution < 1.29 is 22.3 Å². The van der Waals surface area contributed by atoms with Gasteiger partial charge < -0.3 is 14.4 Å². The Kier molecular flexibility index (Phi) is 4.50. The number of hydrogen-bond donors (Lipinski definition) is 3. The van der Waals surface area contributed by atoms with E-state index in [-0.39, 0.29) is 27.9 Å². The van der Waals surface area contributed by atoms with Gasteiger partial charge in [0.2, 0.25) is 21.7 Å². The zero-order valence-corrected chi connectivity index (χ0v) is 15.4. The molecule has 1 aliphatic rings. The molecule has 1 unspecified atom stereocenters. The van der Waals surface area contributed by atoms with Gasteiger partial charge in [0.15, 0.2) is 6.29 Å². The molecule has 13 nitrogen and oxygen atoms in total. The van der Waals surface area contributed by atoms with Crippen molar-refractivity contribution >= 4 is 39.5 Å². The number of sulfonamides is 1. The van der Waals surface area contributed by atoms with Crippen molar-refractivity contribution in [3.05, 3.63) is 48.5 Å². The molecule has 4 rings (SSSR count). The molecular weight excluding hydrogens is 404 g/mol. The molecule has 3 aromatic rings. The van der Waals surface area contributed by atoms with E-state index >= 15 is 0 Å². The van der Waals surface area contributed by atoms with E-state index in [9.17, 15) is 13.2 Å². The number of hydrazone groups is 1. The van der Waals surface area contributed by atoms with Crippen molar-refractivity contribution in [3.8, 4) is 0 Å². The number of nitrogens with two attached hydrogens (primary N) is 2. The second-order valence-corrected chi connectivity index (χ2v) is 7.31. The fourth-order valence-electron chi connectivity index (χ4n) is 2.70. The van der Waals surface area contributed by atoms with Crippen molar-refractivity contribution in [1.29, 1.82) is 0 Å².